The monoisotopic (exact) mass is 198 g/mol. The van der Waals surface area contributed by atoms with Gasteiger partial charge >= 0.3 is 0 Å². The van der Waals surface area contributed by atoms with Crippen molar-refractivity contribution >= 4 is 5.71 Å². The van der Waals surface area contributed by atoms with Gasteiger partial charge in [-0.2, -0.15) is 0 Å². The Bertz CT molecular complexity index is 257. The molecule has 2 nitrogen and oxygen atoms in total. The Morgan fingerprint density at radius 1 is 1.57 bits per heavy atom. The first-order chi connectivity index (χ1) is 6.29. The molecule has 0 aliphatic rings. The van der Waals surface area contributed by atoms with Gasteiger partial charge in [-0.3, -0.25) is 10.7 Å². The Kier molecular flexibility index (Phi) is 4.71. The van der Waals surface area contributed by atoms with E-state index in [1.165, 1.54) is 6.92 Å². The van der Waals surface area contributed by atoms with Crippen LogP contribution < -0.4 is 5.73 Å². The van der Waals surface area contributed by atoms with Crippen molar-refractivity contribution < 1.29 is 4.39 Å². The average molecular weight is 198 g/mol. The van der Waals surface area contributed by atoms with Gasteiger partial charge in [-0.25, -0.2) is 4.39 Å². The van der Waals surface area contributed by atoms with Gasteiger partial charge in [-0.1, -0.05) is 26.5 Å². The molecule has 1 unspecified atom stereocenters. The van der Waals surface area contributed by atoms with E-state index < -0.39 is 5.79 Å². The number of nitrogens with zero attached hydrogens (tertiary/aromatic N) is 1. The maximum absolute atomic E-state index is 13.1. The van der Waals surface area contributed by atoms with Gasteiger partial charge in [0.25, 0.3) is 0 Å². The summed E-state index contributed by atoms with van der Waals surface area (Å²) in [5.74, 6) is -1.52. The molecule has 0 spiro atoms. The summed E-state index contributed by atoms with van der Waals surface area (Å²) in [5.41, 5.74) is 6.46. The third-order valence-corrected chi connectivity index (χ3v) is 2.02. The van der Waals surface area contributed by atoms with Crippen LogP contribution in [0.25, 0.3) is 0 Å². The lowest BCUT2D eigenvalue weighted by Crippen LogP contribution is -2.38. The summed E-state index contributed by atoms with van der Waals surface area (Å²) in [6, 6.07) is 0. The molecule has 0 bridgehead atoms. The molecule has 0 aromatic heterocycles. The van der Waals surface area contributed by atoms with E-state index in [2.05, 4.69) is 11.6 Å². The Balaban J connectivity index is 4.76. The molecule has 0 saturated heterocycles. The third-order valence-electron chi connectivity index (χ3n) is 2.02. The highest BCUT2D eigenvalue weighted by atomic mass is 19.1. The van der Waals surface area contributed by atoms with Gasteiger partial charge in [0.15, 0.2) is 5.79 Å². The summed E-state index contributed by atoms with van der Waals surface area (Å²) in [6.45, 7) is 10.6. The van der Waals surface area contributed by atoms with E-state index >= 15 is 0 Å². The van der Waals surface area contributed by atoms with Crippen molar-refractivity contribution in [3.63, 3.8) is 0 Å². The minimum atomic E-state index is -1.85. The molecule has 0 saturated carbocycles. The predicted molar refractivity (Wildman–Crippen MR) is 59.9 cm³/mol. The van der Waals surface area contributed by atoms with Crippen LogP contribution in [-0.2, 0) is 0 Å². The van der Waals surface area contributed by atoms with Gasteiger partial charge in [-0.15, -0.1) is 0 Å². The Morgan fingerprint density at radius 3 is 2.36 bits per heavy atom. The SMILES string of the molecule is C=C/C(=C\N=C(C)C(C)(N)F)C(C)C. The number of hydrogen-bond donors (Lipinski definition) is 1. The maximum Gasteiger partial charge on any atom is 0.194 e. The van der Waals surface area contributed by atoms with Crippen molar-refractivity contribution in [1.29, 1.82) is 0 Å². The number of rotatable bonds is 4. The zero-order valence-electron chi connectivity index (χ0n) is 9.34. The highest BCUT2D eigenvalue weighted by molar-refractivity contribution is 5.89. The topological polar surface area (TPSA) is 38.4 Å². The van der Waals surface area contributed by atoms with Gasteiger partial charge in [0, 0.05) is 6.20 Å². The van der Waals surface area contributed by atoms with Crippen molar-refractivity contribution in [2.24, 2.45) is 16.6 Å². The van der Waals surface area contributed by atoms with Gasteiger partial charge < -0.3 is 0 Å². The maximum atomic E-state index is 13.1. The van der Waals surface area contributed by atoms with Crippen LogP contribution in [-0.4, -0.2) is 11.5 Å². The van der Waals surface area contributed by atoms with Gasteiger partial charge in [-0.05, 0) is 25.3 Å². The second kappa shape index (κ2) is 5.05. The van der Waals surface area contributed by atoms with Crippen molar-refractivity contribution in [1.82, 2.24) is 0 Å². The minimum Gasteiger partial charge on any atom is -0.295 e. The first kappa shape index (κ1) is 13.0. The molecule has 3 heteroatoms. The van der Waals surface area contributed by atoms with Crippen molar-refractivity contribution in [2.45, 2.75) is 33.5 Å². The summed E-state index contributed by atoms with van der Waals surface area (Å²) < 4.78 is 13.1. The van der Waals surface area contributed by atoms with E-state index in [1.54, 1.807) is 19.2 Å². The molecule has 0 radical (unpaired) electrons. The molecule has 0 rings (SSSR count). The number of nitrogens with two attached hydrogens (primary N) is 1. The Morgan fingerprint density at radius 2 is 2.07 bits per heavy atom. The average Bonchev–Trinajstić information content (AvgIpc) is 2.02. The van der Waals surface area contributed by atoms with Crippen molar-refractivity contribution in [3.8, 4) is 0 Å². The third kappa shape index (κ3) is 4.33. The fourth-order valence-corrected chi connectivity index (χ4v) is 0.735. The molecule has 0 aliphatic carbocycles. The van der Waals surface area contributed by atoms with E-state index in [-0.39, 0.29) is 5.71 Å². The highest BCUT2D eigenvalue weighted by Crippen LogP contribution is 2.11. The summed E-state index contributed by atoms with van der Waals surface area (Å²) in [7, 11) is 0. The number of alkyl halides is 1. The van der Waals surface area contributed by atoms with Gasteiger partial charge in [0.1, 0.15) is 0 Å². The van der Waals surface area contributed by atoms with Crippen molar-refractivity contribution in [3.05, 3.63) is 24.4 Å². The molecule has 80 valence electrons. The summed E-state index contributed by atoms with van der Waals surface area (Å²) in [5, 5.41) is 0. The first-order valence-electron chi connectivity index (χ1n) is 4.64. The van der Waals surface area contributed by atoms with E-state index in [4.69, 9.17) is 5.73 Å². The van der Waals surface area contributed by atoms with E-state index in [0.717, 1.165) is 5.57 Å². The largest absolute Gasteiger partial charge is 0.295 e. The smallest absolute Gasteiger partial charge is 0.194 e. The zero-order valence-corrected chi connectivity index (χ0v) is 9.34. The van der Waals surface area contributed by atoms with Gasteiger partial charge in [0.2, 0.25) is 0 Å². The normalized spacial score (nSPS) is 18.2. The summed E-state index contributed by atoms with van der Waals surface area (Å²) >= 11 is 0. The molecule has 0 amide bonds. The molecule has 0 heterocycles. The van der Waals surface area contributed by atoms with Crippen LogP contribution >= 0.6 is 0 Å². The molecule has 2 N–H and O–H groups in total. The molecular formula is C11H19FN2. The van der Waals surface area contributed by atoms with Crippen LogP contribution in [0.4, 0.5) is 4.39 Å². The Labute approximate surface area is 85.4 Å². The van der Waals surface area contributed by atoms with E-state index in [1.807, 2.05) is 13.8 Å². The molecule has 0 aromatic carbocycles. The van der Waals surface area contributed by atoms with Crippen LogP contribution in [0, 0.1) is 5.92 Å². The first-order valence-corrected chi connectivity index (χ1v) is 4.64. The molecule has 1 atom stereocenters. The van der Waals surface area contributed by atoms with E-state index in [0.29, 0.717) is 5.92 Å². The van der Waals surface area contributed by atoms with Crippen LogP contribution in [0.5, 0.6) is 0 Å². The second-order valence-corrected chi connectivity index (χ2v) is 3.78. The number of allylic oxidation sites excluding steroid dienone is 2. The molecule has 0 aliphatic heterocycles. The fraction of sp³-hybridized carbons (Fsp3) is 0.545. The fourth-order valence-electron chi connectivity index (χ4n) is 0.735. The highest BCUT2D eigenvalue weighted by Gasteiger charge is 2.19. The predicted octanol–water partition coefficient (Wildman–Crippen LogP) is 2.82. The van der Waals surface area contributed by atoms with Crippen LogP contribution in [0.15, 0.2) is 29.4 Å². The van der Waals surface area contributed by atoms with Crippen molar-refractivity contribution in [2.75, 3.05) is 0 Å². The molecule has 14 heavy (non-hydrogen) atoms. The summed E-state index contributed by atoms with van der Waals surface area (Å²) in [6.07, 6.45) is 3.32. The summed E-state index contributed by atoms with van der Waals surface area (Å²) in [4.78, 5) is 3.97. The van der Waals surface area contributed by atoms with E-state index in [9.17, 15) is 4.39 Å². The molecular weight excluding hydrogens is 179 g/mol. The van der Waals surface area contributed by atoms with Crippen LogP contribution in [0.2, 0.25) is 0 Å². The lowest BCUT2D eigenvalue weighted by Gasteiger charge is -2.13. The number of aliphatic imine (C=N–C) groups is 1. The molecule has 0 aromatic rings. The number of halogens is 1. The Hall–Kier alpha value is -0.960. The lowest BCUT2D eigenvalue weighted by molar-refractivity contribution is 0.294. The quantitative estimate of drug-likeness (QED) is 0.421. The van der Waals surface area contributed by atoms with Gasteiger partial charge in [0.05, 0.1) is 5.71 Å². The minimum absolute atomic E-state index is 0.262. The van der Waals surface area contributed by atoms with Crippen LogP contribution in [0.3, 0.4) is 0 Å². The van der Waals surface area contributed by atoms with Crippen LogP contribution in [0.1, 0.15) is 27.7 Å². The zero-order chi connectivity index (χ0) is 11.4. The lowest BCUT2D eigenvalue weighted by atomic mass is 10.1. The second-order valence-electron chi connectivity index (χ2n) is 3.78. The number of hydrogen-bond acceptors (Lipinski definition) is 2. The standard InChI is InChI=1S/C11H19FN2/c1-6-10(8(2)3)7-14-9(4)11(5,12)13/h6-8H,1,13H2,2-5H3/b10-7+,14-9?. The molecule has 0 fully saturated rings.